The molecule has 0 saturated carbocycles. The molecule has 186 valence electrons. The second kappa shape index (κ2) is 10.0. The van der Waals surface area contributed by atoms with Crippen molar-refractivity contribution in [3.05, 3.63) is 63.7 Å². The number of amides is 1. The Hall–Kier alpha value is -3.50. The fourth-order valence-corrected chi connectivity index (χ4v) is 4.72. The SMILES string of the molecule is COC(=O)c1[nH]c(C)c(C(O)=C2C(=O)C(=O)N(CCN3CCOCC3)[C@H]2c2ccc(F)cc2)c1C. The summed E-state index contributed by atoms with van der Waals surface area (Å²) in [7, 11) is 1.24. The van der Waals surface area contributed by atoms with Crippen molar-refractivity contribution in [3.63, 3.8) is 0 Å². The van der Waals surface area contributed by atoms with Gasteiger partial charge in [-0.15, -0.1) is 0 Å². The fourth-order valence-electron chi connectivity index (χ4n) is 4.72. The van der Waals surface area contributed by atoms with E-state index in [0.29, 0.717) is 49.7 Å². The minimum absolute atomic E-state index is 0.106. The van der Waals surface area contributed by atoms with E-state index in [9.17, 15) is 23.9 Å². The summed E-state index contributed by atoms with van der Waals surface area (Å²) >= 11 is 0. The highest BCUT2D eigenvalue weighted by atomic mass is 19.1. The average Bonchev–Trinajstić information content (AvgIpc) is 3.30. The van der Waals surface area contributed by atoms with Crippen molar-refractivity contribution in [2.45, 2.75) is 19.9 Å². The van der Waals surface area contributed by atoms with Gasteiger partial charge in [0, 0.05) is 37.4 Å². The average molecular weight is 486 g/mol. The Balaban J connectivity index is 1.79. The molecule has 2 aromatic rings. The fraction of sp³-hybridized carbons (Fsp3) is 0.400. The van der Waals surface area contributed by atoms with Crippen LogP contribution >= 0.6 is 0 Å². The van der Waals surface area contributed by atoms with E-state index < -0.39 is 35.3 Å². The molecule has 0 unspecified atom stereocenters. The number of hydrogen-bond acceptors (Lipinski definition) is 7. The van der Waals surface area contributed by atoms with Gasteiger partial charge in [0.1, 0.15) is 17.3 Å². The second-order valence-corrected chi connectivity index (χ2v) is 8.61. The molecule has 4 rings (SSSR count). The number of aromatic amines is 1. The van der Waals surface area contributed by atoms with Crippen LogP contribution < -0.4 is 0 Å². The number of benzene rings is 1. The van der Waals surface area contributed by atoms with Crippen LogP contribution in [0, 0.1) is 19.7 Å². The van der Waals surface area contributed by atoms with E-state index in [0.717, 1.165) is 0 Å². The number of rotatable bonds is 6. The van der Waals surface area contributed by atoms with Crippen molar-refractivity contribution in [2.75, 3.05) is 46.5 Å². The topological polar surface area (TPSA) is 112 Å². The van der Waals surface area contributed by atoms with E-state index in [-0.39, 0.29) is 23.4 Å². The van der Waals surface area contributed by atoms with Gasteiger partial charge in [-0.3, -0.25) is 14.5 Å². The first-order chi connectivity index (χ1) is 16.7. The number of likely N-dealkylation sites (tertiary alicyclic amines) is 1. The molecule has 0 aliphatic carbocycles. The second-order valence-electron chi connectivity index (χ2n) is 8.61. The van der Waals surface area contributed by atoms with Crippen molar-refractivity contribution in [1.82, 2.24) is 14.8 Å². The number of nitrogens with one attached hydrogen (secondary N) is 1. The number of H-pyrrole nitrogens is 1. The maximum absolute atomic E-state index is 13.7. The predicted molar refractivity (Wildman–Crippen MR) is 124 cm³/mol. The van der Waals surface area contributed by atoms with E-state index in [1.54, 1.807) is 13.8 Å². The molecule has 0 spiro atoms. The number of morpholine rings is 1. The molecule has 0 radical (unpaired) electrons. The highest BCUT2D eigenvalue weighted by molar-refractivity contribution is 6.46. The first kappa shape index (κ1) is 24.6. The van der Waals surface area contributed by atoms with Crippen molar-refractivity contribution in [3.8, 4) is 0 Å². The summed E-state index contributed by atoms with van der Waals surface area (Å²) in [6.45, 7) is 6.63. The zero-order valence-electron chi connectivity index (χ0n) is 19.9. The Bertz CT molecular complexity index is 1180. The molecule has 2 saturated heterocycles. The van der Waals surface area contributed by atoms with Crippen LogP contribution in [0.25, 0.3) is 5.76 Å². The van der Waals surface area contributed by atoms with Crippen molar-refractivity contribution in [2.24, 2.45) is 0 Å². The van der Waals surface area contributed by atoms with E-state index >= 15 is 0 Å². The quantitative estimate of drug-likeness (QED) is 0.280. The van der Waals surface area contributed by atoms with Gasteiger partial charge >= 0.3 is 5.97 Å². The normalized spacial score (nSPS) is 20.5. The molecule has 10 heteroatoms. The van der Waals surface area contributed by atoms with Crippen LogP contribution in [0.3, 0.4) is 0 Å². The zero-order valence-corrected chi connectivity index (χ0v) is 19.9. The van der Waals surface area contributed by atoms with E-state index in [4.69, 9.17) is 9.47 Å². The van der Waals surface area contributed by atoms with Gasteiger partial charge in [-0.05, 0) is 37.1 Å². The number of hydrogen-bond donors (Lipinski definition) is 2. The molecule has 3 heterocycles. The van der Waals surface area contributed by atoms with Crippen LogP contribution in [0.15, 0.2) is 29.8 Å². The van der Waals surface area contributed by atoms with Gasteiger partial charge in [-0.25, -0.2) is 9.18 Å². The number of aliphatic hydroxyl groups is 1. The van der Waals surface area contributed by atoms with Crippen LogP contribution in [0.2, 0.25) is 0 Å². The Morgan fingerprint density at radius 3 is 2.46 bits per heavy atom. The third kappa shape index (κ3) is 4.59. The Morgan fingerprint density at radius 1 is 1.17 bits per heavy atom. The molecule has 1 aromatic heterocycles. The number of ether oxygens (including phenoxy) is 2. The molecule has 2 N–H and O–H groups in total. The highest BCUT2D eigenvalue weighted by Gasteiger charge is 2.46. The summed E-state index contributed by atoms with van der Waals surface area (Å²) in [6.07, 6.45) is 0. The number of nitrogens with zero attached hydrogens (tertiary/aromatic N) is 2. The van der Waals surface area contributed by atoms with Crippen LogP contribution in [0.5, 0.6) is 0 Å². The molecule has 2 aliphatic rings. The van der Waals surface area contributed by atoms with Crippen LogP contribution in [0.4, 0.5) is 4.39 Å². The Kier molecular flexibility index (Phi) is 7.04. The van der Waals surface area contributed by atoms with Crippen molar-refractivity contribution < 1.29 is 33.4 Å². The number of esters is 1. The van der Waals surface area contributed by atoms with Crippen molar-refractivity contribution >= 4 is 23.4 Å². The summed E-state index contributed by atoms with van der Waals surface area (Å²) < 4.78 is 23.8. The number of Topliss-reactive ketones (excluding diaryl/α,β-unsaturated/α-hetero) is 1. The number of halogens is 1. The summed E-state index contributed by atoms with van der Waals surface area (Å²) in [5.41, 5.74) is 1.62. The Labute approximate surface area is 202 Å². The summed E-state index contributed by atoms with van der Waals surface area (Å²) in [6, 6.07) is 4.58. The highest BCUT2D eigenvalue weighted by Crippen LogP contribution is 2.40. The summed E-state index contributed by atoms with van der Waals surface area (Å²) in [5, 5.41) is 11.4. The number of methoxy groups -OCH3 is 1. The minimum atomic E-state index is -0.910. The maximum atomic E-state index is 13.7. The van der Waals surface area contributed by atoms with Gasteiger partial charge in [0.2, 0.25) is 0 Å². The molecule has 0 bridgehead atoms. The summed E-state index contributed by atoms with van der Waals surface area (Å²) in [4.78, 5) is 44.9. The first-order valence-electron chi connectivity index (χ1n) is 11.4. The first-order valence-corrected chi connectivity index (χ1v) is 11.4. The molecule has 35 heavy (non-hydrogen) atoms. The van der Waals surface area contributed by atoms with Gasteiger partial charge in [-0.1, -0.05) is 12.1 Å². The lowest BCUT2D eigenvalue weighted by atomic mass is 9.94. The monoisotopic (exact) mass is 485 g/mol. The lowest BCUT2D eigenvalue weighted by Gasteiger charge is -2.31. The number of aromatic nitrogens is 1. The standard InChI is InChI=1S/C25H28FN3O6/c1-14-18(15(2)27-20(14)25(33)34-3)22(30)19-21(16-4-6-17(26)7-5-16)29(24(32)23(19)31)9-8-28-10-12-35-13-11-28/h4-7,21,27,30H,8-13H2,1-3H3/t21-/m0/s1. The van der Waals surface area contributed by atoms with E-state index in [1.807, 2.05) is 0 Å². The third-order valence-electron chi connectivity index (χ3n) is 6.55. The summed E-state index contributed by atoms with van der Waals surface area (Å²) in [5.74, 6) is -3.05. The van der Waals surface area contributed by atoms with Crippen LogP contribution in [0.1, 0.15) is 38.9 Å². The molecular weight excluding hydrogens is 457 g/mol. The Morgan fingerprint density at radius 2 is 1.83 bits per heavy atom. The van der Waals surface area contributed by atoms with Gasteiger partial charge in [0.05, 0.1) is 31.9 Å². The zero-order chi connectivity index (χ0) is 25.3. The molecular formula is C25H28FN3O6. The minimum Gasteiger partial charge on any atom is -0.507 e. The van der Waals surface area contributed by atoms with Crippen LogP contribution in [-0.2, 0) is 19.1 Å². The molecule has 1 atom stereocenters. The largest absolute Gasteiger partial charge is 0.507 e. The number of aliphatic hydroxyl groups excluding tert-OH is 1. The smallest absolute Gasteiger partial charge is 0.354 e. The number of carbonyl (C=O) groups is 3. The van der Waals surface area contributed by atoms with Gasteiger partial charge in [0.15, 0.2) is 0 Å². The van der Waals surface area contributed by atoms with E-state index in [1.165, 1.54) is 36.3 Å². The third-order valence-corrected chi connectivity index (χ3v) is 6.55. The molecule has 9 nitrogen and oxygen atoms in total. The predicted octanol–water partition coefficient (Wildman–Crippen LogP) is 2.31. The number of ketones is 1. The molecule has 1 amide bonds. The van der Waals surface area contributed by atoms with Gasteiger partial charge in [-0.2, -0.15) is 0 Å². The van der Waals surface area contributed by atoms with Crippen molar-refractivity contribution in [1.29, 1.82) is 0 Å². The maximum Gasteiger partial charge on any atom is 0.354 e. The molecule has 2 aliphatic heterocycles. The lowest BCUT2D eigenvalue weighted by molar-refractivity contribution is -0.140. The number of carbonyl (C=O) groups excluding carboxylic acids is 3. The van der Waals surface area contributed by atoms with Gasteiger partial charge in [0.25, 0.3) is 11.7 Å². The molecule has 1 aromatic carbocycles. The molecule has 2 fully saturated rings. The van der Waals surface area contributed by atoms with E-state index in [2.05, 4.69) is 9.88 Å². The van der Waals surface area contributed by atoms with Crippen LogP contribution in [-0.4, -0.2) is 84.1 Å². The lowest BCUT2D eigenvalue weighted by Crippen LogP contribution is -2.42. The van der Waals surface area contributed by atoms with Gasteiger partial charge < -0.3 is 24.5 Å². The number of aryl methyl sites for hydroxylation is 1.